The fourth-order valence-electron chi connectivity index (χ4n) is 3.92. The van der Waals surface area contributed by atoms with E-state index in [0.29, 0.717) is 59.8 Å². The van der Waals surface area contributed by atoms with Gasteiger partial charge in [-0.3, -0.25) is 14.4 Å². The maximum Gasteiger partial charge on any atom is 0.255 e. The van der Waals surface area contributed by atoms with Crippen LogP contribution in [0, 0.1) is 0 Å². The predicted octanol–water partition coefficient (Wildman–Crippen LogP) is 2.88. The maximum atomic E-state index is 13.1. The van der Waals surface area contributed by atoms with Gasteiger partial charge in [0.25, 0.3) is 17.7 Å². The van der Waals surface area contributed by atoms with Crippen molar-refractivity contribution in [1.29, 1.82) is 0 Å². The molecule has 0 saturated heterocycles. The van der Waals surface area contributed by atoms with Crippen molar-refractivity contribution in [3.05, 3.63) is 101 Å². The van der Waals surface area contributed by atoms with Crippen LogP contribution < -0.4 is 22.1 Å². The minimum absolute atomic E-state index is 0.136. The number of anilines is 2. The van der Waals surface area contributed by atoms with E-state index in [0.717, 1.165) is 11.1 Å². The second kappa shape index (κ2) is 10.2. The summed E-state index contributed by atoms with van der Waals surface area (Å²) in [5, 5.41) is 5.53. The van der Waals surface area contributed by atoms with Gasteiger partial charge in [-0.25, -0.2) is 0 Å². The number of para-hydroxylation sites is 2. The SMILES string of the molecule is C=C1CN(Cc2ccc(C(=O)Nc3ccccc3N)cc2)C(=O)c2ccc(C(=O)NCCN)cc21. The Morgan fingerprint density at radius 1 is 0.943 bits per heavy atom. The van der Waals surface area contributed by atoms with Gasteiger partial charge in [0.1, 0.15) is 0 Å². The number of benzene rings is 3. The van der Waals surface area contributed by atoms with E-state index in [1.165, 1.54) is 0 Å². The summed E-state index contributed by atoms with van der Waals surface area (Å²) in [6.45, 7) is 5.56. The van der Waals surface area contributed by atoms with Crippen LogP contribution in [0.25, 0.3) is 5.57 Å². The summed E-state index contributed by atoms with van der Waals surface area (Å²) in [5.41, 5.74) is 16.1. The molecule has 0 aromatic heterocycles. The topological polar surface area (TPSA) is 131 Å². The summed E-state index contributed by atoms with van der Waals surface area (Å²) in [6, 6.07) is 19.1. The average molecular weight is 470 g/mol. The van der Waals surface area contributed by atoms with Crippen LogP contribution >= 0.6 is 0 Å². The van der Waals surface area contributed by atoms with Crippen molar-refractivity contribution in [2.24, 2.45) is 5.73 Å². The zero-order valence-electron chi connectivity index (χ0n) is 19.2. The molecule has 35 heavy (non-hydrogen) atoms. The lowest BCUT2D eigenvalue weighted by Gasteiger charge is -2.30. The molecular weight excluding hydrogens is 442 g/mol. The lowest BCUT2D eigenvalue weighted by Crippen LogP contribution is -2.36. The van der Waals surface area contributed by atoms with Gasteiger partial charge in [0.2, 0.25) is 0 Å². The van der Waals surface area contributed by atoms with Gasteiger partial charge in [-0.15, -0.1) is 0 Å². The number of carbonyl (C=O) groups is 3. The normalized spacial score (nSPS) is 12.8. The number of hydrogen-bond donors (Lipinski definition) is 4. The quantitative estimate of drug-likeness (QED) is 0.395. The largest absolute Gasteiger partial charge is 0.397 e. The molecular formula is C27H27N5O3. The number of nitrogens with two attached hydrogens (primary N) is 2. The van der Waals surface area contributed by atoms with E-state index in [4.69, 9.17) is 11.5 Å². The van der Waals surface area contributed by atoms with Gasteiger partial charge in [0.15, 0.2) is 0 Å². The summed E-state index contributed by atoms with van der Waals surface area (Å²) >= 11 is 0. The second-order valence-corrected chi connectivity index (χ2v) is 8.31. The Bertz CT molecular complexity index is 1300. The van der Waals surface area contributed by atoms with Crippen molar-refractivity contribution in [3.63, 3.8) is 0 Å². The van der Waals surface area contributed by atoms with E-state index in [1.54, 1.807) is 59.5 Å². The Kier molecular flexibility index (Phi) is 6.93. The number of amides is 3. The number of hydrogen-bond acceptors (Lipinski definition) is 5. The fourth-order valence-corrected chi connectivity index (χ4v) is 3.92. The van der Waals surface area contributed by atoms with Gasteiger partial charge in [-0.05, 0) is 59.2 Å². The third kappa shape index (κ3) is 5.23. The monoisotopic (exact) mass is 469 g/mol. The van der Waals surface area contributed by atoms with E-state index >= 15 is 0 Å². The van der Waals surface area contributed by atoms with Crippen molar-refractivity contribution in [1.82, 2.24) is 10.2 Å². The van der Waals surface area contributed by atoms with Crippen LogP contribution in [-0.2, 0) is 6.54 Å². The van der Waals surface area contributed by atoms with E-state index in [2.05, 4.69) is 17.2 Å². The highest BCUT2D eigenvalue weighted by Crippen LogP contribution is 2.28. The van der Waals surface area contributed by atoms with E-state index in [1.807, 2.05) is 12.1 Å². The summed E-state index contributed by atoms with van der Waals surface area (Å²) in [5.74, 6) is -0.639. The van der Waals surface area contributed by atoms with Gasteiger partial charge in [-0.1, -0.05) is 30.8 Å². The van der Waals surface area contributed by atoms with E-state index < -0.39 is 0 Å². The number of nitrogen functional groups attached to an aromatic ring is 1. The van der Waals surface area contributed by atoms with Crippen LogP contribution in [0.3, 0.4) is 0 Å². The molecule has 3 aromatic carbocycles. The summed E-state index contributed by atoms with van der Waals surface area (Å²) in [4.78, 5) is 39.6. The second-order valence-electron chi connectivity index (χ2n) is 8.31. The van der Waals surface area contributed by atoms with Crippen LogP contribution in [0.15, 0.2) is 73.3 Å². The molecule has 1 heterocycles. The van der Waals surface area contributed by atoms with Gasteiger partial charge in [-0.2, -0.15) is 0 Å². The number of nitrogens with one attached hydrogen (secondary N) is 2. The zero-order valence-corrected chi connectivity index (χ0v) is 19.2. The van der Waals surface area contributed by atoms with Gasteiger partial charge in [0.05, 0.1) is 11.4 Å². The molecule has 0 saturated carbocycles. The zero-order chi connectivity index (χ0) is 24.9. The summed E-state index contributed by atoms with van der Waals surface area (Å²) < 4.78 is 0. The first-order valence-electron chi connectivity index (χ1n) is 11.2. The standard InChI is InChI=1S/C27H27N5O3/c1-17-15-32(27(35)21-11-10-20(14-22(17)21)25(33)30-13-12-28)16-18-6-8-19(9-7-18)26(34)31-24-5-3-2-4-23(24)29/h2-11,14H,1,12-13,15-16,28-29H2,(H,30,33)(H,31,34). The third-order valence-electron chi connectivity index (χ3n) is 5.79. The molecule has 0 unspecified atom stereocenters. The molecule has 0 fully saturated rings. The van der Waals surface area contributed by atoms with Crippen molar-refractivity contribution in [2.45, 2.75) is 6.54 Å². The molecule has 6 N–H and O–H groups in total. The lowest BCUT2D eigenvalue weighted by atomic mass is 9.92. The number of fused-ring (bicyclic) bond motifs is 1. The first-order chi connectivity index (χ1) is 16.9. The molecule has 0 bridgehead atoms. The molecule has 0 radical (unpaired) electrons. The molecule has 8 nitrogen and oxygen atoms in total. The Balaban J connectivity index is 1.44. The fraction of sp³-hybridized carbons (Fsp3) is 0.148. The van der Waals surface area contributed by atoms with Crippen molar-refractivity contribution >= 4 is 34.7 Å². The van der Waals surface area contributed by atoms with Crippen molar-refractivity contribution in [2.75, 3.05) is 30.7 Å². The van der Waals surface area contributed by atoms with Crippen molar-refractivity contribution < 1.29 is 14.4 Å². The molecule has 4 rings (SSSR count). The number of rotatable bonds is 7. The minimum Gasteiger partial charge on any atom is -0.397 e. The molecule has 3 amide bonds. The van der Waals surface area contributed by atoms with Gasteiger partial charge < -0.3 is 27.0 Å². The minimum atomic E-state index is -0.267. The van der Waals surface area contributed by atoms with Crippen LogP contribution in [0.5, 0.6) is 0 Å². The number of nitrogens with zero attached hydrogens (tertiary/aromatic N) is 1. The highest BCUT2D eigenvalue weighted by atomic mass is 16.2. The molecule has 3 aromatic rings. The molecule has 0 atom stereocenters. The lowest BCUT2D eigenvalue weighted by molar-refractivity contribution is 0.0756. The predicted molar refractivity (Wildman–Crippen MR) is 137 cm³/mol. The van der Waals surface area contributed by atoms with Gasteiger partial charge in [0, 0.05) is 42.9 Å². The Morgan fingerprint density at radius 2 is 1.66 bits per heavy atom. The van der Waals surface area contributed by atoms with Crippen LogP contribution in [0.2, 0.25) is 0 Å². The highest BCUT2D eigenvalue weighted by molar-refractivity contribution is 6.06. The Hall–Kier alpha value is -4.43. The van der Waals surface area contributed by atoms with Gasteiger partial charge >= 0.3 is 0 Å². The first-order valence-corrected chi connectivity index (χ1v) is 11.2. The Morgan fingerprint density at radius 3 is 2.37 bits per heavy atom. The van der Waals surface area contributed by atoms with E-state index in [9.17, 15) is 14.4 Å². The van der Waals surface area contributed by atoms with Crippen molar-refractivity contribution in [3.8, 4) is 0 Å². The molecule has 0 aliphatic carbocycles. The first kappa shape index (κ1) is 23.7. The number of carbonyl (C=O) groups excluding carboxylic acids is 3. The molecule has 1 aliphatic rings. The molecule has 8 heteroatoms. The van der Waals surface area contributed by atoms with E-state index in [-0.39, 0.29) is 17.7 Å². The highest BCUT2D eigenvalue weighted by Gasteiger charge is 2.27. The molecule has 178 valence electrons. The summed E-state index contributed by atoms with van der Waals surface area (Å²) in [7, 11) is 0. The smallest absolute Gasteiger partial charge is 0.255 e. The maximum absolute atomic E-state index is 13.1. The van der Waals surface area contributed by atoms with Crippen LogP contribution in [0.4, 0.5) is 11.4 Å². The van der Waals surface area contributed by atoms with Crippen LogP contribution in [0.1, 0.15) is 42.2 Å². The summed E-state index contributed by atoms with van der Waals surface area (Å²) in [6.07, 6.45) is 0. The molecule has 1 aliphatic heterocycles. The third-order valence-corrected chi connectivity index (χ3v) is 5.79. The van der Waals surface area contributed by atoms with Crippen LogP contribution in [-0.4, -0.2) is 42.3 Å². The average Bonchev–Trinajstić information content (AvgIpc) is 2.87. The Labute approximate surface area is 203 Å². The molecule has 0 spiro atoms.